The van der Waals surface area contributed by atoms with E-state index in [2.05, 4.69) is 4.90 Å². The lowest BCUT2D eigenvalue weighted by Gasteiger charge is -2.26. The van der Waals surface area contributed by atoms with Crippen LogP contribution in [0.2, 0.25) is 0 Å². The van der Waals surface area contributed by atoms with Crippen molar-refractivity contribution in [2.24, 2.45) is 0 Å². The quantitative estimate of drug-likeness (QED) is 0.821. The number of carbonyl (C=O) groups is 1. The van der Waals surface area contributed by atoms with Crippen molar-refractivity contribution in [2.45, 2.75) is 32.0 Å². The molecular weight excluding hydrogens is 306 g/mol. The summed E-state index contributed by atoms with van der Waals surface area (Å²) >= 11 is 0. The Morgan fingerprint density at radius 1 is 1.18 bits per heavy atom. The van der Waals surface area contributed by atoms with Gasteiger partial charge in [0.05, 0.1) is 0 Å². The number of hydrogen-bond donors (Lipinski definition) is 2. The van der Waals surface area contributed by atoms with Crippen LogP contribution in [0.4, 0.5) is 17.6 Å². The van der Waals surface area contributed by atoms with E-state index < -0.39 is 12.1 Å². The molecule has 1 heterocycles. The van der Waals surface area contributed by atoms with Crippen molar-refractivity contribution in [1.82, 2.24) is 4.90 Å². The van der Waals surface area contributed by atoms with Gasteiger partial charge in [0.2, 0.25) is 0 Å². The molecule has 0 aromatic heterocycles. The fourth-order valence-electron chi connectivity index (χ4n) is 2.04. The monoisotopic (exact) mass is 323 g/mol. The Morgan fingerprint density at radius 2 is 1.73 bits per heavy atom. The molecule has 0 bridgehead atoms. The van der Waals surface area contributed by atoms with Crippen molar-refractivity contribution in [3.8, 4) is 5.75 Å². The fourth-order valence-corrected chi connectivity index (χ4v) is 2.04. The van der Waals surface area contributed by atoms with Crippen molar-refractivity contribution in [1.29, 1.82) is 0 Å². The molecule has 0 amide bonds. The van der Waals surface area contributed by atoms with Crippen molar-refractivity contribution < 1.29 is 32.6 Å². The first-order valence-corrected chi connectivity index (χ1v) is 6.70. The molecule has 0 saturated carbocycles. The Balaban J connectivity index is 0.000000295. The van der Waals surface area contributed by atoms with E-state index in [-0.39, 0.29) is 11.6 Å². The number of hydrogen-bond acceptors (Lipinski definition) is 3. The molecule has 1 aliphatic heterocycles. The summed E-state index contributed by atoms with van der Waals surface area (Å²) in [7, 11) is 0. The number of alkyl halides is 3. The molecule has 4 nitrogen and oxygen atoms in total. The Kier molecular flexibility index (Phi) is 6.61. The fraction of sp³-hybridized carbons (Fsp3) is 0.500. The minimum Gasteiger partial charge on any atom is -0.508 e. The highest BCUT2D eigenvalue weighted by molar-refractivity contribution is 5.73. The molecule has 124 valence electrons. The maximum absolute atomic E-state index is 13.0. The summed E-state index contributed by atoms with van der Waals surface area (Å²) in [4.78, 5) is 11.2. The van der Waals surface area contributed by atoms with Gasteiger partial charge in [-0.25, -0.2) is 9.18 Å². The smallest absolute Gasteiger partial charge is 0.490 e. The number of halogens is 4. The van der Waals surface area contributed by atoms with Gasteiger partial charge in [-0.1, -0.05) is 6.42 Å². The molecule has 0 aliphatic carbocycles. The minimum atomic E-state index is -5.08. The van der Waals surface area contributed by atoms with Crippen LogP contribution in [-0.2, 0) is 11.3 Å². The average molecular weight is 323 g/mol. The van der Waals surface area contributed by atoms with E-state index in [0.29, 0.717) is 12.1 Å². The number of benzene rings is 1. The van der Waals surface area contributed by atoms with Gasteiger partial charge in [0.1, 0.15) is 11.6 Å². The molecular formula is C14H17F4NO3. The molecule has 1 fully saturated rings. The maximum Gasteiger partial charge on any atom is 0.490 e. The minimum absolute atomic E-state index is 0.196. The lowest BCUT2D eigenvalue weighted by atomic mass is 10.1. The van der Waals surface area contributed by atoms with Crippen LogP contribution < -0.4 is 0 Å². The van der Waals surface area contributed by atoms with Crippen LogP contribution in [0.1, 0.15) is 24.8 Å². The van der Waals surface area contributed by atoms with Crippen molar-refractivity contribution >= 4 is 5.97 Å². The van der Waals surface area contributed by atoms with Crippen molar-refractivity contribution in [3.05, 3.63) is 29.6 Å². The summed E-state index contributed by atoms with van der Waals surface area (Å²) in [6.07, 6.45) is -1.39. The zero-order chi connectivity index (χ0) is 16.8. The Morgan fingerprint density at radius 3 is 2.23 bits per heavy atom. The lowest BCUT2D eigenvalue weighted by Crippen LogP contribution is -2.29. The average Bonchev–Trinajstić information content (AvgIpc) is 2.44. The molecule has 0 atom stereocenters. The van der Waals surface area contributed by atoms with E-state index in [9.17, 15) is 22.7 Å². The maximum atomic E-state index is 13.0. The van der Waals surface area contributed by atoms with Crippen LogP contribution in [0.5, 0.6) is 5.75 Å². The van der Waals surface area contributed by atoms with Crippen LogP contribution in [-0.4, -0.2) is 40.3 Å². The summed E-state index contributed by atoms with van der Waals surface area (Å²) < 4.78 is 44.7. The van der Waals surface area contributed by atoms with Gasteiger partial charge in [-0.15, -0.1) is 0 Å². The molecule has 2 N–H and O–H groups in total. The zero-order valence-electron chi connectivity index (χ0n) is 11.7. The Hall–Kier alpha value is -1.83. The second-order valence-electron chi connectivity index (χ2n) is 4.91. The first-order valence-electron chi connectivity index (χ1n) is 6.70. The van der Waals surface area contributed by atoms with E-state index in [1.54, 1.807) is 0 Å². The normalized spacial score (nSPS) is 15.8. The molecule has 1 aromatic rings. The van der Waals surface area contributed by atoms with Gasteiger partial charge in [-0.2, -0.15) is 13.2 Å². The van der Waals surface area contributed by atoms with Crippen LogP contribution >= 0.6 is 0 Å². The van der Waals surface area contributed by atoms with Gasteiger partial charge < -0.3 is 10.2 Å². The van der Waals surface area contributed by atoms with E-state index in [4.69, 9.17) is 9.90 Å². The summed E-state index contributed by atoms with van der Waals surface area (Å²) in [6, 6.07) is 4.13. The Labute approximate surface area is 125 Å². The predicted molar refractivity (Wildman–Crippen MR) is 70.9 cm³/mol. The lowest BCUT2D eigenvalue weighted by molar-refractivity contribution is -0.192. The molecule has 22 heavy (non-hydrogen) atoms. The van der Waals surface area contributed by atoms with Crippen molar-refractivity contribution in [3.63, 3.8) is 0 Å². The number of nitrogens with zero attached hydrogens (tertiary/aromatic N) is 1. The number of piperidine rings is 1. The predicted octanol–water partition coefficient (Wildman–Crippen LogP) is 3.15. The SMILES string of the molecule is O=C(O)C(F)(F)F.Oc1ccc(F)cc1CN1CCCCC1. The largest absolute Gasteiger partial charge is 0.508 e. The standard InChI is InChI=1S/C12H16FNO.C2HF3O2/c13-11-4-5-12(15)10(8-11)9-14-6-2-1-3-7-14;3-2(4,5)1(6)7/h4-5,8,15H,1-3,6-7,9H2;(H,6,7). The van der Waals surface area contributed by atoms with E-state index in [0.717, 1.165) is 13.1 Å². The van der Waals surface area contributed by atoms with E-state index >= 15 is 0 Å². The molecule has 0 unspecified atom stereocenters. The molecule has 1 aliphatic rings. The highest BCUT2D eigenvalue weighted by Gasteiger charge is 2.38. The number of carboxylic acids is 1. The molecule has 8 heteroatoms. The first kappa shape index (κ1) is 18.2. The summed E-state index contributed by atoms with van der Waals surface area (Å²) in [5.41, 5.74) is 0.692. The van der Waals surface area contributed by atoms with Crippen molar-refractivity contribution in [2.75, 3.05) is 13.1 Å². The number of aliphatic carboxylic acids is 1. The number of phenolic OH excluding ortho intramolecular Hbond substituents is 1. The molecule has 0 spiro atoms. The topological polar surface area (TPSA) is 60.8 Å². The number of likely N-dealkylation sites (tertiary alicyclic amines) is 1. The second-order valence-corrected chi connectivity index (χ2v) is 4.91. The third-order valence-electron chi connectivity index (χ3n) is 3.13. The Bertz CT molecular complexity index is 499. The third-order valence-corrected chi connectivity index (χ3v) is 3.13. The van der Waals surface area contributed by atoms with E-state index in [1.165, 1.54) is 37.5 Å². The van der Waals surface area contributed by atoms with Gasteiger partial charge in [0, 0.05) is 12.1 Å². The van der Waals surface area contributed by atoms with Crippen LogP contribution in [0.25, 0.3) is 0 Å². The highest BCUT2D eigenvalue weighted by Crippen LogP contribution is 2.21. The van der Waals surface area contributed by atoms with Gasteiger partial charge in [-0.05, 0) is 44.1 Å². The van der Waals surface area contributed by atoms with Gasteiger partial charge in [0.15, 0.2) is 0 Å². The van der Waals surface area contributed by atoms with Crippen LogP contribution in [0.3, 0.4) is 0 Å². The summed E-state index contributed by atoms with van der Waals surface area (Å²) in [5, 5.41) is 16.7. The van der Waals surface area contributed by atoms with E-state index in [1.807, 2.05) is 0 Å². The second kappa shape index (κ2) is 7.98. The number of carboxylic acid groups (broad SMARTS) is 1. The molecule has 1 aromatic carbocycles. The van der Waals surface area contributed by atoms with Gasteiger partial charge in [-0.3, -0.25) is 4.90 Å². The molecule has 0 radical (unpaired) electrons. The first-order chi connectivity index (χ1) is 10.2. The highest BCUT2D eigenvalue weighted by atomic mass is 19.4. The van der Waals surface area contributed by atoms with Crippen LogP contribution in [0, 0.1) is 5.82 Å². The van der Waals surface area contributed by atoms with Gasteiger partial charge >= 0.3 is 12.1 Å². The number of rotatable bonds is 2. The zero-order valence-corrected chi connectivity index (χ0v) is 11.7. The third kappa shape index (κ3) is 6.30. The number of phenols is 1. The summed E-state index contributed by atoms with van der Waals surface area (Å²) in [5.74, 6) is -2.84. The van der Waals surface area contributed by atoms with Crippen LogP contribution in [0.15, 0.2) is 18.2 Å². The summed E-state index contributed by atoms with van der Waals surface area (Å²) in [6.45, 7) is 2.76. The van der Waals surface area contributed by atoms with Gasteiger partial charge in [0.25, 0.3) is 0 Å². The number of aromatic hydroxyl groups is 1. The molecule has 2 rings (SSSR count). The molecule has 1 saturated heterocycles.